The maximum atomic E-state index is 12.9. The second-order valence-electron chi connectivity index (χ2n) is 5.73. The summed E-state index contributed by atoms with van der Waals surface area (Å²) in [5.41, 5.74) is 1.33. The van der Waals surface area contributed by atoms with Crippen molar-refractivity contribution in [1.29, 1.82) is 0 Å². The molecular weight excluding hydrogens is 390 g/mol. The highest BCUT2D eigenvalue weighted by Gasteiger charge is 2.34. The number of nitrogens with one attached hydrogen (secondary N) is 1. The Balaban J connectivity index is 2.01. The highest BCUT2D eigenvalue weighted by Crippen LogP contribution is 2.25. The zero-order chi connectivity index (χ0) is 19.7. The van der Waals surface area contributed by atoms with Crippen LogP contribution in [0.5, 0.6) is 0 Å². The molecule has 2 aromatic rings. The molecule has 136 valence electrons. The summed E-state index contributed by atoms with van der Waals surface area (Å²) in [7, 11) is 0. The molecule has 9 heteroatoms. The highest BCUT2D eigenvalue weighted by molar-refractivity contribution is 7.80. The first-order valence-electron chi connectivity index (χ1n) is 7.70. The summed E-state index contributed by atoms with van der Waals surface area (Å²) in [6.45, 7) is 1.66. The molecule has 27 heavy (non-hydrogen) atoms. The number of benzene rings is 2. The fourth-order valence-electron chi connectivity index (χ4n) is 2.57. The van der Waals surface area contributed by atoms with E-state index in [0.717, 1.165) is 0 Å². The van der Waals surface area contributed by atoms with Crippen molar-refractivity contribution in [2.45, 2.75) is 6.92 Å². The minimum absolute atomic E-state index is 0.0371. The third kappa shape index (κ3) is 3.71. The number of rotatable bonds is 3. The smallest absolute Gasteiger partial charge is 0.270 e. The van der Waals surface area contributed by atoms with Crippen LogP contribution in [0.2, 0.25) is 5.02 Å². The van der Waals surface area contributed by atoms with E-state index in [4.69, 9.17) is 23.8 Å². The van der Waals surface area contributed by atoms with E-state index in [1.165, 1.54) is 29.2 Å². The van der Waals surface area contributed by atoms with Gasteiger partial charge in [0.2, 0.25) is 0 Å². The Kier molecular flexibility index (Phi) is 5.02. The number of hydrogen-bond acceptors (Lipinski definition) is 5. The number of nitrogens with zero attached hydrogens (tertiary/aromatic N) is 2. The molecule has 0 atom stereocenters. The van der Waals surface area contributed by atoms with Gasteiger partial charge in [-0.25, -0.2) is 0 Å². The van der Waals surface area contributed by atoms with Gasteiger partial charge < -0.3 is 0 Å². The molecule has 0 spiro atoms. The second-order valence-corrected chi connectivity index (χ2v) is 6.56. The van der Waals surface area contributed by atoms with Crippen molar-refractivity contribution in [3.8, 4) is 0 Å². The molecule has 1 N–H and O–H groups in total. The second kappa shape index (κ2) is 7.26. The summed E-state index contributed by atoms with van der Waals surface area (Å²) in [4.78, 5) is 36.7. The molecule has 2 amide bonds. The van der Waals surface area contributed by atoms with Crippen molar-refractivity contribution in [2.24, 2.45) is 0 Å². The molecule has 1 aliphatic heterocycles. The van der Waals surface area contributed by atoms with Crippen LogP contribution >= 0.6 is 23.8 Å². The lowest BCUT2D eigenvalue weighted by Crippen LogP contribution is -2.54. The Morgan fingerprint density at radius 1 is 1.19 bits per heavy atom. The van der Waals surface area contributed by atoms with Gasteiger partial charge in [0, 0.05) is 17.2 Å². The van der Waals surface area contributed by atoms with Gasteiger partial charge in [-0.2, -0.15) is 0 Å². The highest BCUT2D eigenvalue weighted by atomic mass is 35.5. The Hall–Kier alpha value is -3.10. The summed E-state index contributed by atoms with van der Waals surface area (Å²) in [5, 5.41) is 13.8. The monoisotopic (exact) mass is 401 g/mol. The van der Waals surface area contributed by atoms with E-state index in [0.29, 0.717) is 21.8 Å². The summed E-state index contributed by atoms with van der Waals surface area (Å²) in [6, 6.07) is 10.6. The molecule has 0 radical (unpaired) electrons. The molecule has 3 rings (SSSR count). The molecule has 0 bridgehead atoms. The van der Waals surface area contributed by atoms with Crippen LogP contribution in [-0.2, 0) is 9.59 Å². The van der Waals surface area contributed by atoms with Gasteiger partial charge in [0.15, 0.2) is 5.11 Å². The average Bonchev–Trinajstić information content (AvgIpc) is 2.61. The summed E-state index contributed by atoms with van der Waals surface area (Å²) in [5.74, 6) is -1.23. The van der Waals surface area contributed by atoms with Crippen molar-refractivity contribution in [1.82, 2.24) is 5.32 Å². The average molecular weight is 402 g/mol. The van der Waals surface area contributed by atoms with Crippen LogP contribution in [0, 0.1) is 17.0 Å². The first kappa shape index (κ1) is 18.7. The molecule has 0 aromatic heterocycles. The molecule has 1 heterocycles. The van der Waals surface area contributed by atoms with E-state index in [-0.39, 0.29) is 16.4 Å². The van der Waals surface area contributed by atoms with Crippen molar-refractivity contribution >= 4 is 58.2 Å². The van der Waals surface area contributed by atoms with E-state index < -0.39 is 16.7 Å². The van der Waals surface area contributed by atoms with Gasteiger partial charge in [-0.3, -0.25) is 29.9 Å². The maximum absolute atomic E-state index is 12.9. The first-order valence-corrected chi connectivity index (χ1v) is 8.48. The largest absolute Gasteiger partial charge is 0.298 e. The van der Waals surface area contributed by atoms with E-state index in [1.807, 2.05) is 0 Å². The Morgan fingerprint density at radius 2 is 1.85 bits per heavy atom. The lowest BCUT2D eigenvalue weighted by atomic mass is 10.0. The summed E-state index contributed by atoms with van der Waals surface area (Å²) >= 11 is 11.0. The van der Waals surface area contributed by atoms with Crippen LogP contribution in [0.3, 0.4) is 0 Å². The normalized spacial score (nSPS) is 15.9. The van der Waals surface area contributed by atoms with Crippen molar-refractivity contribution in [3.63, 3.8) is 0 Å². The standard InChI is InChI=1S/C18H12ClN3O4S/c1-10-8-14(22(25)26)5-2-11(10)9-15-16(23)20-18(27)21(17(15)24)13-6-3-12(19)4-7-13/h2-9H,1H3,(H,20,23,27)/b15-9-. The third-order valence-corrected chi connectivity index (χ3v) is 4.49. The van der Waals surface area contributed by atoms with Crippen molar-refractivity contribution in [2.75, 3.05) is 4.90 Å². The number of amides is 2. The van der Waals surface area contributed by atoms with E-state index in [2.05, 4.69) is 5.32 Å². The summed E-state index contributed by atoms with van der Waals surface area (Å²) < 4.78 is 0. The zero-order valence-corrected chi connectivity index (χ0v) is 15.5. The van der Waals surface area contributed by atoms with Crippen LogP contribution in [0.25, 0.3) is 6.08 Å². The molecule has 1 saturated heterocycles. The quantitative estimate of drug-likeness (QED) is 0.280. The van der Waals surface area contributed by atoms with Crippen LogP contribution < -0.4 is 10.2 Å². The fraction of sp³-hybridized carbons (Fsp3) is 0.0556. The summed E-state index contributed by atoms with van der Waals surface area (Å²) in [6.07, 6.45) is 1.39. The Morgan fingerprint density at radius 3 is 2.44 bits per heavy atom. The van der Waals surface area contributed by atoms with Gasteiger partial charge >= 0.3 is 0 Å². The van der Waals surface area contributed by atoms with Gasteiger partial charge in [0.1, 0.15) is 5.57 Å². The number of halogens is 1. The molecule has 1 fully saturated rings. The number of hydrogen-bond donors (Lipinski definition) is 1. The van der Waals surface area contributed by atoms with Gasteiger partial charge in [-0.05, 0) is 66.7 Å². The van der Waals surface area contributed by atoms with Crippen LogP contribution in [-0.4, -0.2) is 21.9 Å². The predicted molar refractivity (Wildman–Crippen MR) is 105 cm³/mol. The molecule has 0 saturated carbocycles. The van der Waals surface area contributed by atoms with Crippen molar-refractivity contribution < 1.29 is 14.5 Å². The van der Waals surface area contributed by atoms with E-state index in [1.54, 1.807) is 31.2 Å². The molecule has 0 aliphatic carbocycles. The maximum Gasteiger partial charge on any atom is 0.270 e. The number of non-ortho nitro benzene ring substituents is 1. The number of nitro groups is 1. The van der Waals surface area contributed by atoms with E-state index >= 15 is 0 Å². The molecule has 1 aliphatic rings. The third-order valence-electron chi connectivity index (χ3n) is 3.95. The molecule has 0 unspecified atom stereocenters. The topological polar surface area (TPSA) is 92.5 Å². The van der Waals surface area contributed by atoms with Gasteiger partial charge in [-0.15, -0.1) is 0 Å². The fourth-order valence-corrected chi connectivity index (χ4v) is 2.98. The zero-order valence-electron chi connectivity index (χ0n) is 13.9. The predicted octanol–water partition coefficient (Wildman–Crippen LogP) is 3.39. The van der Waals surface area contributed by atoms with Crippen LogP contribution in [0.15, 0.2) is 48.0 Å². The number of carbonyl (C=O) groups excluding carboxylic acids is 2. The molecular formula is C18H12ClN3O4S. The Labute approximate surface area is 164 Å². The van der Waals surface area contributed by atoms with Crippen molar-refractivity contribution in [3.05, 3.63) is 74.3 Å². The van der Waals surface area contributed by atoms with Gasteiger partial charge in [0.25, 0.3) is 17.5 Å². The number of aryl methyl sites for hydroxylation is 1. The number of carbonyl (C=O) groups is 2. The van der Waals surface area contributed by atoms with E-state index in [9.17, 15) is 19.7 Å². The lowest BCUT2D eigenvalue weighted by Gasteiger charge is -2.29. The Bertz CT molecular complexity index is 1020. The molecule has 2 aromatic carbocycles. The minimum Gasteiger partial charge on any atom is -0.298 e. The molecule has 7 nitrogen and oxygen atoms in total. The minimum atomic E-state index is -0.632. The first-order chi connectivity index (χ1) is 12.8. The van der Waals surface area contributed by atoms with Crippen LogP contribution in [0.1, 0.15) is 11.1 Å². The SMILES string of the molecule is Cc1cc([N+](=O)[O-])ccc1/C=C1/C(=O)NC(=S)N(c2ccc(Cl)cc2)C1=O. The lowest BCUT2D eigenvalue weighted by molar-refractivity contribution is -0.384. The number of anilines is 1. The number of thiocarbonyl (C=S) groups is 1. The van der Waals surface area contributed by atoms with Gasteiger partial charge in [0.05, 0.1) is 10.6 Å². The number of nitro benzene ring substituents is 1. The van der Waals surface area contributed by atoms with Crippen LogP contribution in [0.4, 0.5) is 11.4 Å². The van der Waals surface area contributed by atoms with Gasteiger partial charge in [-0.1, -0.05) is 11.6 Å².